The van der Waals surface area contributed by atoms with E-state index in [4.69, 9.17) is 0 Å². The summed E-state index contributed by atoms with van der Waals surface area (Å²) < 4.78 is 0. The molecule has 0 radical (unpaired) electrons. The molecule has 0 aromatic carbocycles. The third-order valence-electron chi connectivity index (χ3n) is 0.172. The molecule has 0 aliphatic rings. The zero-order valence-electron chi connectivity index (χ0n) is 3.14. The SMILES string of the molecule is NO[N+](=O)ON.[Pd]. The standard InChI is InChI=1S/H4N3O3.Pd/c1-5-3(4)6-2;/h1-2H2;/q+1;. The van der Waals surface area contributed by atoms with Gasteiger partial charge in [0.2, 0.25) is 0 Å². The third kappa shape index (κ3) is 5.78. The van der Waals surface area contributed by atoms with Crippen LogP contribution >= 0.6 is 0 Å². The van der Waals surface area contributed by atoms with Gasteiger partial charge in [-0.2, -0.15) is 0 Å². The molecule has 0 aromatic heterocycles. The van der Waals surface area contributed by atoms with Gasteiger partial charge in [-0.15, -0.1) is 0 Å². The van der Waals surface area contributed by atoms with Gasteiger partial charge in [0.15, 0.2) is 0 Å². The van der Waals surface area contributed by atoms with E-state index in [0.717, 1.165) is 0 Å². The number of rotatable bonds is 2. The maximum atomic E-state index is 9.40. The van der Waals surface area contributed by atoms with Crippen molar-refractivity contribution < 1.29 is 35.4 Å². The summed E-state index contributed by atoms with van der Waals surface area (Å²) in [6.45, 7) is 0. The zero-order chi connectivity index (χ0) is 4.99. The number of nitrogens with two attached hydrogens (primary N) is 2. The minimum absolute atomic E-state index is 0. The van der Waals surface area contributed by atoms with Gasteiger partial charge < -0.3 is 0 Å². The molecule has 0 saturated heterocycles. The van der Waals surface area contributed by atoms with Crippen LogP contribution in [0.3, 0.4) is 0 Å². The Morgan fingerprint density at radius 1 is 1.29 bits per heavy atom. The first-order valence-electron chi connectivity index (χ1n) is 1.02. The van der Waals surface area contributed by atoms with E-state index in [1.807, 2.05) is 0 Å². The van der Waals surface area contributed by atoms with Crippen LogP contribution in [0, 0.1) is 4.91 Å². The van der Waals surface area contributed by atoms with Crippen molar-refractivity contribution in [2.75, 3.05) is 0 Å². The third-order valence-corrected chi connectivity index (χ3v) is 0.172. The second kappa shape index (κ2) is 5.78. The van der Waals surface area contributed by atoms with Gasteiger partial charge in [-0.3, -0.25) is 0 Å². The van der Waals surface area contributed by atoms with E-state index in [1.165, 1.54) is 0 Å². The molecule has 7 heavy (non-hydrogen) atoms. The molecule has 46 valence electrons. The van der Waals surface area contributed by atoms with Gasteiger partial charge in [-0.1, -0.05) is 21.7 Å². The molecule has 0 fully saturated rings. The molecule has 0 aromatic rings. The van der Waals surface area contributed by atoms with Crippen LogP contribution in [0.1, 0.15) is 0 Å². The fraction of sp³-hybridized carbons (Fsp3) is 0. The van der Waals surface area contributed by atoms with Gasteiger partial charge in [0.05, 0.1) is 0 Å². The molecule has 0 amide bonds. The summed E-state index contributed by atoms with van der Waals surface area (Å²) in [6.07, 6.45) is 0. The van der Waals surface area contributed by atoms with Crippen molar-refractivity contribution in [2.45, 2.75) is 0 Å². The predicted molar refractivity (Wildman–Crippen MR) is 14.2 cm³/mol. The fourth-order valence-corrected chi connectivity index (χ4v) is 0.0248. The van der Waals surface area contributed by atoms with E-state index in [-0.39, 0.29) is 20.4 Å². The monoisotopic (exact) mass is 200 g/mol. The van der Waals surface area contributed by atoms with E-state index in [1.54, 1.807) is 0 Å². The Labute approximate surface area is 52.8 Å². The molecular formula is H4N3O3Pd+. The van der Waals surface area contributed by atoms with Crippen molar-refractivity contribution in [3.63, 3.8) is 0 Å². The molecule has 0 atom stereocenters. The van der Waals surface area contributed by atoms with Gasteiger partial charge in [0, 0.05) is 20.4 Å². The summed E-state index contributed by atoms with van der Waals surface area (Å²) in [4.78, 5) is 16.1. The maximum absolute atomic E-state index is 9.40. The van der Waals surface area contributed by atoms with E-state index in [2.05, 4.69) is 21.7 Å². The summed E-state index contributed by atoms with van der Waals surface area (Å²) in [5.41, 5.74) is 0. The largest absolute Gasteiger partial charge is 0.519 e. The molecule has 0 spiro atoms. The molecule has 0 rings (SSSR count). The Hall–Kier alpha value is -0.218. The van der Waals surface area contributed by atoms with Crippen LogP contribution in [0.5, 0.6) is 0 Å². The first-order valence-corrected chi connectivity index (χ1v) is 1.02. The Morgan fingerprint density at radius 2 is 1.57 bits per heavy atom. The van der Waals surface area contributed by atoms with Crippen LogP contribution in [0.15, 0.2) is 0 Å². The Morgan fingerprint density at radius 3 is 1.57 bits per heavy atom. The number of hydrogen-bond acceptors (Lipinski definition) is 5. The topological polar surface area (TPSA) is 90.6 Å². The van der Waals surface area contributed by atoms with Crippen molar-refractivity contribution in [2.24, 2.45) is 11.8 Å². The number of nitrogens with zero attached hydrogens (tertiary/aromatic N) is 1. The second-order valence-electron chi connectivity index (χ2n) is 0.434. The Bertz CT molecular complexity index is 48.1. The smallest absolute Gasteiger partial charge is 0.0948 e. The summed E-state index contributed by atoms with van der Waals surface area (Å²) in [5, 5.41) is -0.444. The number of hydrogen-bond donors (Lipinski definition) is 2. The van der Waals surface area contributed by atoms with Crippen LogP contribution < -0.4 is 11.8 Å². The van der Waals surface area contributed by atoms with Crippen LogP contribution in [0.2, 0.25) is 0 Å². The van der Waals surface area contributed by atoms with Crippen LogP contribution in [-0.4, -0.2) is 5.09 Å². The Kier molecular flexibility index (Phi) is 8.19. The molecule has 0 bridgehead atoms. The van der Waals surface area contributed by atoms with Crippen LogP contribution in [0.25, 0.3) is 0 Å². The molecule has 6 nitrogen and oxygen atoms in total. The van der Waals surface area contributed by atoms with E-state index in [9.17, 15) is 4.91 Å². The van der Waals surface area contributed by atoms with E-state index >= 15 is 0 Å². The van der Waals surface area contributed by atoms with Gasteiger partial charge in [0.25, 0.3) is 0 Å². The van der Waals surface area contributed by atoms with Crippen LogP contribution in [-0.2, 0) is 30.3 Å². The summed E-state index contributed by atoms with van der Waals surface area (Å²) in [5.74, 6) is 8.38. The average molecular weight is 200 g/mol. The predicted octanol–water partition coefficient (Wildman–Crippen LogP) is -1.63. The summed E-state index contributed by atoms with van der Waals surface area (Å²) >= 11 is 0. The quantitative estimate of drug-likeness (QED) is 0.413. The van der Waals surface area contributed by atoms with Crippen molar-refractivity contribution in [3.8, 4) is 0 Å². The summed E-state index contributed by atoms with van der Waals surface area (Å²) in [6, 6.07) is 0. The second-order valence-corrected chi connectivity index (χ2v) is 0.434. The van der Waals surface area contributed by atoms with Crippen molar-refractivity contribution in [1.82, 2.24) is 0 Å². The first-order chi connectivity index (χ1) is 2.81. The van der Waals surface area contributed by atoms with Crippen LogP contribution in [0.4, 0.5) is 0 Å². The van der Waals surface area contributed by atoms with E-state index in [0.29, 0.717) is 0 Å². The van der Waals surface area contributed by atoms with Crippen molar-refractivity contribution in [3.05, 3.63) is 4.91 Å². The molecular weight excluding hydrogens is 196 g/mol. The molecule has 4 N–H and O–H groups in total. The fourth-order valence-electron chi connectivity index (χ4n) is 0.0248. The van der Waals surface area contributed by atoms with Gasteiger partial charge in [-0.05, 0) is 0 Å². The normalized spacial score (nSPS) is 6.00. The minimum atomic E-state index is -0.444. The molecule has 0 aliphatic heterocycles. The van der Waals surface area contributed by atoms with Gasteiger partial charge >= 0.3 is 5.09 Å². The minimum Gasteiger partial charge on any atom is -0.0948 e. The summed E-state index contributed by atoms with van der Waals surface area (Å²) in [7, 11) is 0. The molecule has 0 heterocycles. The van der Waals surface area contributed by atoms with Crippen molar-refractivity contribution >= 4 is 0 Å². The van der Waals surface area contributed by atoms with E-state index < -0.39 is 5.09 Å². The average Bonchev–Trinajstić information content (AvgIpc) is 1.65. The Balaban J connectivity index is 0. The first kappa shape index (κ1) is 9.92. The zero-order valence-corrected chi connectivity index (χ0v) is 4.70. The molecule has 7 heteroatoms. The maximum Gasteiger partial charge on any atom is 0.519 e. The molecule has 0 saturated carbocycles. The van der Waals surface area contributed by atoms with Crippen molar-refractivity contribution in [1.29, 1.82) is 0 Å². The van der Waals surface area contributed by atoms with Gasteiger partial charge in [0.1, 0.15) is 4.91 Å². The molecule has 0 unspecified atom stereocenters. The molecule has 0 aliphatic carbocycles. The van der Waals surface area contributed by atoms with Gasteiger partial charge in [-0.25, -0.2) is 0 Å².